The highest BCUT2D eigenvalue weighted by atomic mass is 19.1. The molecule has 3 rings (SSSR count). The molecule has 0 aliphatic heterocycles. The van der Waals surface area contributed by atoms with Gasteiger partial charge in [0.2, 0.25) is 5.91 Å². The number of rotatable bonds is 6. The third-order valence-corrected chi connectivity index (χ3v) is 4.19. The van der Waals surface area contributed by atoms with E-state index in [1.54, 1.807) is 36.4 Å². The summed E-state index contributed by atoms with van der Waals surface area (Å²) in [6.45, 7) is -0.0577. The van der Waals surface area contributed by atoms with E-state index in [2.05, 4.69) is 5.32 Å². The molecule has 27 heavy (non-hydrogen) atoms. The summed E-state index contributed by atoms with van der Waals surface area (Å²) in [7, 11) is 0. The van der Waals surface area contributed by atoms with Gasteiger partial charge < -0.3 is 15.5 Å². The minimum atomic E-state index is -0.764. The number of primary amides is 1. The van der Waals surface area contributed by atoms with Gasteiger partial charge in [-0.3, -0.25) is 9.59 Å². The van der Waals surface area contributed by atoms with Crippen molar-refractivity contribution in [3.63, 3.8) is 0 Å². The van der Waals surface area contributed by atoms with Gasteiger partial charge in [-0.05, 0) is 36.2 Å². The fourth-order valence-corrected chi connectivity index (χ4v) is 2.71. The SMILES string of the molecule is NC(=O)C(CNC(=O)c1cc2ccccc2oc1=O)Cc1ccc(F)cc1. The second-order valence-corrected chi connectivity index (χ2v) is 6.13. The smallest absolute Gasteiger partial charge is 0.349 e. The number of hydrogen-bond donors (Lipinski definition) is 2. The predicted octanol–water partition coefficient (Wildman–Crippen LogP) is 2.01. The highest BCUT2D eigenvalue weighted by molar-refractivity contribution is 5.96. The average molecular weight is 368 g/mol. The molecule has 138 valence electrons. The van der Waals surface area contributed by atoms with E-state index in [0.717, 1.165) is 0 Å². The Hall–Kier alpha value is -3.48. The van der Waals surface area contributed by atoms with Gasteiger partial charge in [-0.1, -0.05) is 30.3 Å². The lowest BCUT2D eigenvalue weighted by atomic mass is 9.98. The molecule has 0 aliphatic rings. The van der Waals surface area contributed by atoms with Crippen LogP contribution in [0.1, 0.15) is 15.9 Å². The van der Waals surface area contributed by atoms with Gasteiger partial charge in [0, 0.05) is 11.9 Å². The zero-order valence-corrected chi connectivity index (χ0v) is 14.3. The molecule has 0 radical (unpaired) electrons. The van der Waals surface area contributed by atoms with Crippen LogP contribution >= 0.6 is 0 Å². The summed E-state index contributed by atoms with van der Waals surface area (Å²) >= 11 is 0. The minimum Gasteiger partial charge on any atom is -0.422 e. The third-order valence-electron chi connectivity index (χ3n) is 4.19. The number of nitrogens with one attached hydrogen (secondary N) is 1. The topological polar surface area (TPSA) is 102 Å². The number of fused-ring (bicyclic) bond motifs is 1. The molecule has 3 N–H and O–H groups in total. The lowest BCUT2D eigenvalue weighted by molar-refractivity contribution is -0.121. The fourth-order valence-electron chi connectivity index (χ4n) is 2.71. The lowest BCUT2D eigenvalue weighted by Crippen LogP contribution is -2.38. The number of nitrogens with two attached hydrogens (primary N) is 1. The van der Waals surface area contributed by atoms with E-state index >= 15 is 0 Å². The van der Waals surface area contributed by atoms with Gasteiger partial charge in [0.25, 0.3) is 5.91 Å². The number of hydrogen-bond acceptors (Lipinski definition) is 4. The first-order valence-corrected chi connectivity index (χ1v) is 8.29. The molecule has 7 heteroatoms. The Morgan fingerprint density at radius 3 is 2.52 bits per heavy atom. The molecule has 0 bridgehead atoms. The summed E-state index contributed by atoms with van der Waals surface area (Å²) < 4.78 is 18.1. The highest BCUT2D eigenvalue weighted by Gasteiger charge is 2.19. The molecular weight excluding hydrogens is 351 g/mol. The molecule has 1 unspecified atom stereocenters. The van der Waals surface area contributed by atoms with Crippen molar-refractivity contribution < 1.29 is 18.4 Å². The molecule has 0 fully saturated rings. The Balaban J connectivity index is 1.72. The van der Waals surface area contributed by atoms with Gasteiger partial charge in [-0.15, -0.1) is 0 Å². The standard InChI is InChI=1S/C20H17FN2O4/c21-15-7-5-12(6-8-15)9-14(18(22)24)11-23-19(25)16-10-13-3-1-2-4-17(13)27-20(16)26/h1-8,10,14H,9,11H2,(H2,22,24)(H,23,25). The molecule has 0 spiro atoms. The maximum atomic E-state index is 13.0. The molecular formula is C20H17FN2O4. The molecule has 2 aromatic carbocycles. The number of benzene rings is 2. The van der Waals surface area contributed by atoms with Gasteiger partial charge in [-0.25, -0.2) is 9.18 Å². The van der Waals surface area contributed by atoms with Crippen LogP contribution in [0.5, 0.6) is 0 Å². The van der Waals surface area contributed by atoms with E-state index in [1.165, 1.54) is 18.2 Å². The summed E-state index contributed by atoms with van der Waals surface area (Å²) in [5.74, 6) is -2.34. The van der Waals surface area contributed by atoms with Crippen molar-refractivity contribution in [1.82, 2.24) is 5.32 Å². The second kappa shape index (κ2) is 7.82. The minimum absolute atomic E-state index is 0.0577. The molecule has 1 heterocycles. The quantitative estimate of drug-likeness (QED) is 0.650. The molecule has 6 nitrogen and oxygen atoms in total. The maximum absolute atomic E-state index is 13.0. The van der Waals surface area contributed by atoms with Crippen LogP contribution in [0, 0.1) is 11.7 Å². The van der Waals surface area contributed by atoms with Crippen molar-refractivity contribution in [3.05, 3.63) is 82.0 Å². The summed E-state index contributed by atoms with van der Waals surface area (Å²) in [5.41, 5.74) is 5.57. The van der Waals surface area contributed by atoms with E-state index in [9.17, 15) is 18.8 Å². The van der Waals surface area contributed by atoms with Gasteiger partial charge in [0.1, 0.15) is 17.0 Å². The van der Waals surface area contributed by atoms with E-state index in [0.29, 0.717) is 16.5 Å². The van der Waals surface area contributed by atoms with Crippen molar-refractivity contribution in [2.75, 3.05) is 6.54 Å². The normalized spacial score (nSPS) is 11.9. The summed E-state index contributed by atoms with van der Waals surface area (Å²) in [6, 6.07) is 13.9. The number of para-hydroxylation sites is 1. The monoisotopic (exact) mass is 368 g/mol. The van der Waals surface area contributed by atoms with Crippen molar-refractivity contribution >= 4 is 22.8 Å². The second-order valence-electron chi connectivity index (χ2n) is 6.13. The zero-order valence-electron chi connectivity index (χ0n) is 14.3. The lowest BCUT2D eigenvalue weighted by Gasteiger charge is -2.14. The Kier molecular flexibility index (Phi) is 5.30. The molecule has 1 aromatic heterocycles. The van der Waals surface area contributed by atoms with Crippen molar-refractivity contribution in [2.45, 2.75) is 6.42 Å². The molecule has 0 saturated heterocycles. The number of amides is 2. The summed E-state index contributed by atoms with van der Waals surface area (Å²) in [6.07, 6.45) is 0.238. The van der Waals surface area contributed by atoms with Crippen LogP contribution in [0.2, 0.25) is 0 Å². The molecule has 0 saturated carbocycles. The van der Waals surface area contributed by atoms with E-state index < -0.39 is 23.4 Å². The van der Waals surface area contributed by atoms with Gasteiger partial charge in [0.05, 0.1) is 5.92 Å². The summed E-state index contributed by atoms with van der Waals surface area (Å²) in [5, 5.41) is 3.15. The molecule has 0 aliphatic carbocycles. The Bertz CT molecular complexity index is 1040. The van der Waals surface area contributed by atoms with Gasteiger partial charge >= 0.3 is 5.63 Å². The van der Waals surface area contributed by atoms with Crippen LogP contribution in [0.25, 0.3) is 11.0 Å². The Morgan fingerprint density at radius 1 is 1.11 bits per heavy atom. The first-order valence-electron chi connectivity index (χ1n) is 8.29. The van der Waals surface area contributed by atoms with Crippen LogP contribution in [-0.2, 0) is 11.2 Å². The van der Waals surface area contributed by atoms with Gasteiger partial charge in [-0.2, -0.15) is 0 Å². The summed E-state index contributed by atoms with van der Waals surface area (Å²) in [4.78, 5) is 36.1. The molecule has 3 aromatic rings. The fraction of sp³-hybridized carbons (Fsp3) is 0.150. The Labute approximate surface area is 153 Å². The highest BCUT2D eigenvalue weighted by Crippen LogP contribution is 2.13. The number of halogens is 1. The van der Waals surface area contributed by atoms with E-state index in [4.69, 9.17) is 10.2 Å². The largest absolute Gasteiger partial charge is 0.422 e. The van der Waals surface area contributed by atoms with Crippen LogP contribution in [0.4, 0.5) is 4.39 Å². The first kappa shape index (κ1) is 18.3. The molecule has 1 atom stereocenters. The number of carbonyl (C=O) groups is 2. The van der Waals surface area contributed by atoms with Crippen molar-refractivity contribution in [1.29, 1.82) is 0 Å². The van der Waals surface area contributed by atoms with E-state index in [1.807, 2.05) is 0 Å². The van der Waals surface area contributed by atoms with Crippen LogP contribution in [0.3, 0.4) is 0 Å². The van der Waals surface area contributed by atoms with Crippen molar-refractivity contribution in [3.8, 4) is 0 Å². The number of carbonyl (C=O) groups excluding carboxylic acids is 2. The first-order chi connectivity index (χ1) is 12.9. The average Bonchev–Trinajstić information content (AvgIpc) is 2.65. The third kappa shape index (κ3) is 4.38. The van der Waals surface area contributed by atoms with Crippen molar-refractivity contribution in [2.24, 2.45) is 11.7 Å². The van der Waals surface area contributed by atoms with Gasteiger partial charge in [0.15, 0.2) is 0 Å². The maximum Gasteiger partial charge on any atom is 0.349 e. The van der Waals surface area contributed by atoms with E-state index in [-0.39, 0.29) is 24.3 Å². The van der Waals surface area contributed by atoms with Crippen LogP contribution in [-0.4, -0.2) is 18.4 Å². The predicted molar refractivity (Wildman–Crippen MR) is 97.6 cm³/mol. The Morgan fingerprint density at radius 2 is 1.81 bits per heavy atom. The molecule has 2 amide bonds. The van der Waals surface area contributed by atoms with Crippen LogP contribution in [0.15, 0.2) is 63.8 Å². The zero-order chi connectivity index (χ0) is 19.4. The van der Waals surface area contributed by atoms with Crippen LogP contribution < -0.4 is 16.7 Å².